The van der Waals surface area contributed by atoms with Crippen molar-refractivity contribution >= 4 is 28.8 Å². The minimum Gasteiger partial charge on any atom is -0.324 e. The van der Waals surface area contributed by atoms with Gasteiger partial charge < -0.3 is 4.98 Å². The van der Waals surface area contributed by atoms with Gasteiger partial charge in [0.05, 0.1) is 16.7 Å². The summed E-state index contributed by atoms with van der Waals surface area (Å²) in [7, 11) is 0. The van der Waals surface area contributed by atoms with E-state index in [4.69, 9.17) is 4.84 Å². The van der Waals surface area contributed by atoms with Crippen LogP contribution in [0.1, 0.15) is 12.5 Å². The first-order valence-corrected chi connectivity index (χ1v) is 6.75. The smallest absolute Gasteiger partial charge is 0.324 e. The Hall–Kier alpha value is -3.15. The lowest BCUT2D eigenvalue weighted by Gasteiger charge is -2.01. The number of benzene rings is 2. The minimum absolute atomic E-state index is 0.318. The van der Waals surface area contributed by atoms with Crippen molar-refractivity contribution < 1.29 is 9.63 Å². The molecule has 22 heavy (non-hydrogen) atoms. The number of anilines is 1. The SMILES string of the molecule is CC(=NOC(=O)Nc1nc2ccccc2[nH]1)c1ccccc1. The minimum atomic E-state index is -0.700. The molecule has 110 valence electrons. The van der Waals surface area contributed by atoms with Gasteiger partial charge in [-0.2, -0.15) is 0 Å². The van der Waals surface area contributed by atoms with Crippen molar-refractivity contribution in [2.75, 3.05) is 5.32 Å². The number of hydrogen-bond acceptors (Lipinski definition) is 4. The number of para-hydroxylation sites is 2. The number of hydrogen-bond donors (Lipinski definition) is 2. The lowest BCUT2D eigenvalue weighted by molar-refractivity contribution is 0.166. The standard InChI is InChI=1S/C16H14N4O2/c1-11(12-7-3-2-4-8-12)20-22-16(21)19-15-17-13-9-5-6-10-14(13)18-15/h2-10H,1H3,(H2,17,18,19,21). The molecule has 0 aliphatic heterocycles. The number of aromatic nitrogens is 2. The van der Waals surface area contributed by atoms with Crippen LogP contribution in [0, 0.1) is 0 Å². The molecule has 0 spiro atoms. The lowest BCUT2D eigenvalue weighted by Crippen LogP contribution is -2.12. The number of H-pyrrole nitrogens is 1. The van der Waals surface area contributed by atoms with Gasteiger partial charge in [-0.15, -0.1) is 0 Å². The summed E-state index contributed by atoms with van der Waals surface area (Å²) in [5, 5.41) is 6.31. The first-order valence-electron chi connectivity index (χ1n) is 6.75. The van der Waals surface area contributed by atoms with Gasteiger partial charge in [0.2, 0.25) is 5.95 Å². The molecule has 3 aromatic rings. The maximum absolute atomic E-state index is 11.7. The fourth-order valence-corrected chi connectivity index (χ4v) is 1.97. The molecule has 0 fully saturated rings. The van der Waals surface area contributed by atoms with E-state index in [0.717, 1.165) is 16.6 Å². The highest BCUT2D eigenvalue weighted by Crippen LogP contribution is 2.13. The van der Waals surface area contributed by atoms with Crippen LogP contribution in [0.5, 0.6) is 0 Å². The van der Waals surface area contributed by atoms with Gasteiger partial charge in [0.25, 0.3) is 0 Å². The Bertz CT molecular complexity index is 791. The predicted octanol–water partition coefficient (Wildman–Crippen LogP) is 3.54. The Morgan fingerprint density at radius 2 is 1.86 bits per heavy atom. The molecule has 0 unspecified atom stereocenters. The molecule has 6 nitrogen and oxygen atoms in total. The van der Waals surface area contributed by atoms with E-state index >= 15 is 0 Å². The number of oxime groups is 1. The predicted molar refractivity (Wildman–Crippen MR) is 84.9 cm³/mol. The lowest BCUT2D eigenvalue weighted by atomic mass is 10.1. The summed E-state index contributed by atoms with van der Waals surface area (Å²) in [4.78, 5) is 23.8. The molecule has 0 aliphatic rings. The number of carbonyl (C=O) groups is 1. The van der Waals surface area contributed by atoms with Crippen LogP contribution in [0.15, 0.2) is 59.8 Å². The first-order chi connectivity index (χ1) is 10.7. The van der Waals surface area contributed by atoms with E-state index in [0.29, 0.717) is 11.7 Å². The van der Waals surface area contributed by atoms with Crippen molar-refractivity contribution in [3.63, 3.8) is 0 Å². The summed E-state index contributed by atoms with van der Waals surface area (Å²) in [6.07, 6.45) is -0.700. The van der Waals surface area contributed by atoms with Gasteiger partial charge in [-0.1, -0.05) is 47.6 Å². The van der Waals surface area contributed by atoms with Crippen LogP contribution in [0.2, 0.25) is 0 Å². The Balaban J connectivity index is 1.65. The Kier molecular flexibility index (Phi) is 3.82. The van der Waals surface area contributed by atoms with Crippen LogP contribution in [0.4, 0.5) is 10.7 Å². The third-order valence-electron chi connectivity index (χ3n) is 3.07. The van der Waals surface area contributed by atoms with Crippen molar-refractivity contribution in [3.8, 4) is 0 Å². The van der Waals surface area contributed by atoms with E-state index in [1.165, 1.54) is 0 Å². The average molecular weight is 294 g/mol. The number of fused-ring (bicyclic) bond motifs is 1. The zero-order valence-corrected chi connectivity index (χ0v) is 11.9. The molecule has 0 radical (unpaired) electrons. The molecule has 0 atom stereocenters. The van der Waals surface area contributed by atoms with Crippen molar-refractivity contribution in [2.24, 2.45) is 5.16 Å². The van der Waals surface area contributed by atoms with Crippen LogP contribution in [-0.2, 0) is 4.84 Å². The molecule has 1 heterocycles. The molecule has 0 saturated heterocycles. The fourth-order valence-electron chi connectivity index (χ4n) is 1.97. The van der Waals surface area contributed by atoms with Crippen molar-refractivity contribution in [2.45, 2.75) is 6.92 Å². The molecule has 0 bridgehead atoms. The summed E-state index contributed by atoms with van der Waals surface area (Å²) in [6.45, 7) is 1.77. The van der Waals surface area contributed by atoms with Crippen LogP contribution in [0.3, 0.4) is 0 Å². The van der Waals surface area contributed by atoms with Crippen LogP contribution >= 0.6 is 0 Å². The summed E-state index contributed by atoms with van der Waals surface area (Å²) < 4.78 is 0. The zero-order chi connectivity index (χ0) is 15.4. The Labute approximate surface area is 126 Å². The second-order valence-electron chi connectivity index (χ2n) is 4.65. The van der Waals surface area contributed by atoms with Crippen molar-refractivity contribution in [1.29, 1.82) is 0 Å². The summed E-state index contributed by atoms with van der Waals surface area (Å²) in [6, 6.07) is 16.9. The third-order valence-corrected chi connectivity index (χ3v) is 3.07. The molecule has 2 N–H and O–H groups in total. The van der Waals surface area contributed by atoms with Gasteiger partial charge in [0, 0.05) is 0 Å². The molecule has 1 aromatic heterocycles. The molecular weight excluding hydrogens is 280 g/mol. The number of rotatable bonds is 3. The maximum Gasteiger partial charge on any atom is 0.440 e. The first kappa shape index (κ1) is 13.8. The maximum atomic E-state index is 11.7. The molecule has 0 saturated carbocycles. The monoisotopic (exact) mass is 294 g/mol. The fraction of sp³-hybridized carbons (Fsp3) is 0.0625. The van der Waals surface area contributed by atoms with E-state index in [1.54, 1.807) is 6.92 Å². The second kappa shape index (κ2) is 6.09. The van der Waals surface area contributed by atoms with E-state index in [1.807, 2.05) is 54.6 Å². The topological polar surface area (TPSA) is 79.4 Å². The quantitative estimate of drug-likeness (QED) is 0.440. The number of amides is 1. The Morgan fingerprint density at radius 1 is 1.14 bits per heavy atom. The Morgan fingerprint density at radius 3 is 2.64 bits per heavy atom. The molecular formula is C16H14N4O2. The number of nitrogens with zero attached hydrogens (tertiary/aromatic N) is 2. The number of carbonyl (C=O) groups excluding carboxylic acids is 1. The van der Waals surface area contributed by atoms with Crippen LogP contribution in [-0.4, -0.2) is 21.8 Å². The highest BCUT2D eigenvalue weighted by atomic mass is 16.7. The largest absolute Gasteiger partial charge is 0.440 e. The highest BCUT2D eigenvalue weighted by Gasteiger charge is 2.08. The third kappa shape index (κ3) is 3.12. The van der Waals surface area contributed by atoms with Crippen molar-refractivity contribution in [1.82, 2.24) is 9.97 Å². The normalized spacial score (nSPS) is 11.4. The highest BCUT2D eigenvalue weighted by molar-refractivity contribution is 5.98. The second-order valence-corrected chi connectivity index (χ2v) is 4.65. The van der Waals surface area contributed by atoms with Gasteiger partial charge in [-0.05, 0) is 24.6 Å². The number of imidazole rings is 1. The molecule has 2 aromatic carbocycles. The van der Waals surface area contributed by atoms with E-state index in [9.17, 15) is 4.79 Å². The van der Waals surface area contributed by atoms with Gasteiger partial charge >= 0.3 is 6.09 Å². The van der Waals surface area contributed by atoms with Gasteiger partial charge in [-0.25, -0.2) is 9.78 Å². The van der Waals surface area contributed by atoms with Crippen molar-refractivity contribution in [3.05, 3.63) is 60.2 Å². The molecule has 6 heteroatoms. The average Bonchev–Trinajstić information content (AvgIpc) is 2.95. The molecule has 1 amide bonds. The van der Waals surface area contributed by atoms with E-state index < -0.39 is 6.09 Å². The number of nitrogens with one attached hydrogen (secondary N) is 2. The van der Waals surface area contributed by atoms with E-state index in [-0.39, 0.29) is 0 Å². The van der Waals surface area contributed by atoms with Crippen LogP contribution in [0.25, 0.3) is 11.0 Å². The van der Waals surface area contributed by atoms with Gasteiger partial charge in [0.1, 0.15) is 0 Å². The number of aromatic amines is 1. The van der Waals surface area contributed by atoms with Gasteiger partial charge in [0.15, 0.2) is 0 Å². The molecule has 0 aliphatic carbocycles. The summed E-state index contributed by atoms with van der Waals surface area (Å²) in [5.74, 6) is 0.318. The van der Waals surface area contributed by atoms with Gasteiger partial charge in [-0.3, -0.25) is 10.2 Å². The summed E-state index contributed by atoms with van der Waals surface area (Å²) >= 11 is 0. The summed E-state index contributed by atoms with van der Waals surface area (Å²) in [5.41, 5.74) is 3.10. The molecule has 3 rings (SSSR count). The van der Waals surface area contributed by atoms with Crippen LogP contribution < -0.4 is 5.32 Å². The zero-order valence-electron chi connectivity index (χ0n) is 11.9. The van der Waals surface area contributed by atoms with E-state index in [2.05, 4.69) is 20.4 Å².